The molecule has 4 heteroatoms. The third kappa shape index (κ3) is 3.23. The van der Waals surface area contributed by atoms with Gasteiger partial charge in [-0.1, -0.05) is 13.8 Å². The van der Waals surface area contributed by atoms with Crippen molar-refractivity contribution in [1.29, 1.82) is 0 Å². The van der Waals surface area contributed by atoms with Crippen LogP contribution in [0, 0.1) is 11.8 Å². The van der Waals surface area contributed by atoms with Crippen LogP contribution in [0.3, 0.4) is 0 Å². The molecule has 104 valence electrons. The minimum Gasteiger partial charge on any atom is -0.480 e. The Morgan fingerprint density at radius 3 is 2.33 bits per heavy atom. The van der Waals surface area contributed by atoms with E-state index in [9.17, 15) is 9.90 Å². The highest BCUT2D eigenvalue weighted by Crippen LogP contribution is 2.26. The number of nitrogens with one attached hydrogen (secondary N) is 1. The van der Waals surface area contributed by atoms with Crippen molar-refractivity contribution in [3.05, 3.63) is 0 Å². The molecule has 1 aliphatic carbocycles. The molecule has 0 spiro atoms. The Kier molecular flexibility index (Phi) is 3.97. The average molecular weight is 254 g/mol. The molecular formula is C14H26N2O2. The molecule has 2 aliphatic rings. The van der Waals surface area contributed by atoms with Crippen molar-refractivity contribution in [2.24, 2.45) is 11.8 Å². The van der Waals surface area contributed by atoms with E-state index in [2.05, 4.69) is 24.1 Å². The maximum absolute atomic E-state index is 11.4. The molecule has 0 aromatic carbocycles. The molecule has 0 amide bonds. The van der Waals surface area contributed by atoms with Gasteiger partial charge in [0.25, 0.3) is 0 Å². The van der Waals surface area contributed by atoms with Gasteiger partial charge in [0.05, 0.1) is 0 Å². The molecule has 1 aliphatic heterocycles. The molecule has 4 nitrogen and oxygen atoms in total. The van der Waals surface area contributed by atoms with Crippen molar-refractivity contribution in [2.45, 2.75) is 51.6 Å². The topological polar surface area (TPSA) is 52.6 Å². The van der Waals surface area contributed by atoms with Crippen LogP contribution in [0.2, 0.25) is 0 Å². The highest BCUT2D eigenvalue weighted by molar-refractivity contribution is 5.78. The van der Waals surface area contributed by atoms with E-state index >= 15 is 0 Å². The molecule has 1 heterocycles. The Bertz CT molecular complexity index is 307. The van der Waals surface area contributed by atoms with Crippen LogP contribution in [0.15, 0.2) is 0 Å². The van der Waals surface area contributed by atoms with Gasteiger partial charge in [0.1, 0.15) is 5.54 Å². The summed E-state index contributed by atoms with van der Waals surface area (Å²) in [6.07, 6.45) is 2.94. The van der Waals surface area contributed by atoms with Crippen LogP contribution in [0.25, 0.3) is 0 Å². The van der Waals surface area contributed by atoms with Gasteiger partial charge in [-0.05, 0) is 38.0 Å². The Balaban J connectivity index is 1.84. The fourth-order valence-electron chi connectivity index (χ4n) is 2.73. The molecule has 2 N–H and O–H groups in total. The van der Waals surface area contributed by atoms with Crippen LogP contribution in [0.4, 0.5) is 0 Å². The molecule has 2 fully saturated rings. The van der Waals surface area contributed by atoms with Crippen molar-refractivity contribution < 1.29 is 9.90 Å². The number of carbonyl (C=O) groups is 1. The van der Waals surface area contributed by atoms with Gasteiger partial charge in [-0.25, -0.2) is 0 Å². The summed E-state index contributed by atoms with van der Waals surface area (Å²) in [5.74, 6) is 0.754. The predicted molar refractivity (Wildman–Crippen MR) is 71.6 cm³/mol. The number of rotatable bonds is 6. The maximum atomic E-state index is 11.4. The summed E-state index contributed by atoms with van der Waals surface area (Å²) in [6.45, 7) is 9.50. The molecule has 3 unspecified atom stereocenters. The van der Waals surface area contributed by atoms with Gasteiger partial charge in [0, 0.05) is 25.7 Å². The van der Waals surface area contributed by atoms with E-state index in [0.29, 0.717) is 12.5 Å². The molecular weight excluding hydrogens is 228 g/mol. The Labute approximate surface area is 110 Å². The van der Waals surface area contributed by atoms with E-state index in [1.165, 1.54) is 0 Å². The first-order valence-electron chi connectivity index (χ1n) is 7.14. The average Bonchev–Trinajstić information content (AvgIpc) is 3.03. The molecule has 0 bridgehead atoms. The number of aliphatic carboxylic acids is 1. The zero-order chi connectivity index (χ0) is 13.3. The highest BCUT2D eigenvalue weighted by atomic mass is 16.4. The van der Waals surface area contributed by atoms with Crippen molar-refractivity contribution in [3.63, 3.8) is 0 Å². The number of carboxylic acid groups (broad SMARTS) is 1. The van der Waals surface area contributed by atoms with Crippen LogP contribution in [0.1, 0.15) is 40.0 Å². The van der Waals surface area contributed by atoms with Crippen LogP contribution in [-0.2, 0) is 4.79 Å². The van der Waals surface area contributed by atoms with Gasteiger partial charge < -0.3 is 10.0 Å². The van der Waals surface area contributed by atoms with Gasteiger partial charge in [-0.2, -0.15) is 0 Å². The smallest absolute Gasteiger partial charge is 0.323 e. The van der Waals surface area contributed by atoms with Gasteiger partial charge in [0.15, 0.2) is 0 Å². The summed E-state index contributed by atoms with van der Waals surface area (Å²) >= 11 is 0. The lowest BCUT2D eigenvalue weighted by Crippen LogP contribution is -2.52. The van der Waals surface area contributed by atoms with E-state index in [1.54, 1.807) is 0 Å². The highest BCUT2D eigenvalue weighted by Gasteiger charge is 2.39. The van der Waals surface area contributed by atoms with Gasteiger partial charge in [0.2, 0.25) is 0 Å². The monoisotopic (exact) mass is 254 g/mol. The Morgan fingerprint density at radius 2 is 1.89 bits per heavy atom. The predicted octanol–water partition coefficient (Wildman–Crippen LogP) is 1.56. The molecule has 2 rings (SSSR count). The first-order chi connectivity index (χ1) is 8.40. The first-order valence-corrected chi connectivity index (χ1v) is 7.14. The first kappa shape index (κ1) is 13.8. The molecule has 3 atom stereocenters. The minimum absolute atomic E-state index is 0.433. The van der Waals surface area contributed by atoms with E-state index in [-0.39, 0.29) is 0 Å². The lowest BCUT2D eigenvalue weighted by atomic mass is 9.97. The number of likely N-dealkylation sites (tertiary alicyclic amines) is 1. The zero-order valence-electron chi connectivity index (χ0n) is 11.8. The van der Waals surface area contributed by atoms with Crippen LogP contribution in [0.5, 0.6) is 0 Å². The Morgan fingerprint density at radius 1 is 1.33 bits per heavy atom. The van der Waals surface area contributed by atoms with Crippen molar-refractivity contribution in [2.75, 3.05) is 19.6 Å². The molecule has 1 saturated heterocycles. The quantitative estimate of drug-likeness (QED) is 0.755. The fraction of sp³-hybridized carbons (Fsp3) is 0.929. The molecule has 0 radical (unpaired) electrons. The number of hydrogen-bond acceptors (Lipinski definition) is 3. The molecule has 18 heavy (non-hydrogen) atoms. The van der Waals surface area contributed by atoms with E-state index in [1.807, 2.05) is 6.92 Å². The molecule has 0 aromatic rings. The van der Waals surface area contributed by atoms with Crippen molar-refractivity contribution in [1.82, 2.24) is 10.2 Å². The third-order valence-corrected chi connectivity index (χ3v) is 4.56. The number of carboxylic acids is 1. The lowest BCUT2D eigenvalue weighted by Gasteiger charge is -2.28. The van der Waals surface area contributed by atoms with E-state index < -0.39 is 11.5 Å². The summed E-state index contributed by atoms with van der Waals surface area (Å²) < 4.78 is 0. The summed E-state index contributed by atoms with van der Waals surface area (Å²) in [5.41, 5.74) is -0.754. The SMILES string of the molecule is CC1CN(CCC(C)(NC2CC2)C(=O)O)CC1C. The van der Waals surface area contributed by atoms with Crippen molar-refractivity contribution >= 4 is 5.97 Å². The normalized spacial score (nSPS) is 32.4. The second-order valence-electron chi connectivity index (χ2n) is 6.52. The van der Waals surface area contributed by atoms with Gasteiger partial charge >= 0.3 is 5.97 Å². The van der Waals surface area contributed by atoms with Crippen molar-refractivity contribution in [3.8, 4) is 0 Å². The summed E-state index contributed by atoms with van der Waals surface area (Å²) in [4.78, 5) is 13.8. The summed E-state index contributed by atoms with van der Waals surface area (Å²) in [7, 11) is 0. The number of nitrogens with zero attached hydrogens (tertiary/aromatic N) is 1. The Hall–Kier alpha value is -0.610. The molecule has 1 saturated carbocycles. The number of hydrogen-bond donors (Lipinski definition) is 2. The largest absolute Gasteiger partial charge is 0.480 e. The maximum Gasteiger partial charge on any atom is 0.323 e. The van der Waals surface area contributed by atoms with Crippen LogP contribution in [-0.4, -0.2) is 47.2 Å². The third-order valence-electron chi connectivity index (χ3n) is 4.56. The second kappa shape index (κ2) is 5.17. The summed E-state index contributed by atoms with van der Waals surface area (Å²) in [6, 6.07) is 0.433. The minimum atomic E-state index is -0.754. The van der Waals surface area contributed by atoms with E-state index in [0.717, 1.165) is 44.3 Å². The van der Waals surface area contributed by atoms with E-state index in [4.69, 9.17) is 0 Å². The van der Waals surface area contributed by atoms with Gasteiger partial charge in [-0.15, -0.1) is 0 Å². The lowest BCUT2D eigenvalue weighted by molar-refractivity contribution is -0.144. The second-order valence-corrected chi connectivity index (χ2v) is 6.52. The van der Waals surface area contributed by atoms with Crippen LogP contribution < -0.4 is 5.32 Å². The standard InChI is InChI=1S/C14H26N2O2/c1-10-8-16(9-11(10)2)7-6-14(3,13(17)18)15-12-4-5-12/h10-12,15H,4-9H2,1-3H3,(H,17,18). The zero-order valence-corrected chi connectivity index (χ0v) is 11.8. The fourth-order valence-corrected chi connectivity index (χ4v) is 2.73. The van der Waals surface area contributed by atoms with Gasteiger partial charge in [-0.3, -0.25) is 10.1 Å². The summed E-state index contributed by atoms with van der Waals surface area (Å²) in [5, 5.41) is 12.7. The molecule has 0 aromatic heterocycles. The van der Waals surface area contributed by atoms with Crippen LogP contribution >= 0.6 is 0 Å².